The lowest BCUT2D eigenvalue weighted by Gasteiger charge is -2.16. The second kappa shape index (κ2) is 6.70. The van der Waals surface area contributed by atoms with Gasteiger partial charge in [0.1, 0.15) is 10.5 Å². The molecular weight excluding hydrogens is 314 g/mol. The number of halogens is 1. The summed E-state index contributed by atoms with van der Waals surface area (Å²) in [5.41, 5.74) is 0.235. The Kier molecular flexibility index (Phi) is 5.53. The van der Waals surface area contributed by atoms with Crippen LogP contribution in [0.15, 0.2) is 15.5 Å². The number of anilines is 1. The monoisotopic (exact) mass is 331 g/mol. The molecule has 1 aromatic heterocycles. The number of carbonyl (C=O) groups excluding carboxylic acids is 1. The molecule has 0 aliphatic heterocycles. The van der Waals surface area contributed by atoms with Crippen LogP contribution in [0.5, 0.6) is 0 Å². The van der Waals surface area contributed by atoms with Gasteiger partial charge in [-0.1, -0.05) is 0 Å². The largest absolute Gasteiger partial charge is 0.464 e. The molecule has 1 heterocycles. The number of carbonyl (C=O) groups is 1. The number of aromatic nitrogens is 2. The molecule has 0 saturated heterocycles. The Morgan fingerprint density at radius 1 is 1.53 bits per heavy atom. The molecule has 1 aromatic rings. The smallest absolute Gasteiger partial charge is 0.328 e. The standard InChI is InChI=1S/C12H18BrN3O3/c1-5-19-12(18)8(4)15-9-6-14-16(7(2)3)11(17)10(9)13/h6-8,15H,5H2,1-4H3. The Balaban J connectivity index is 2.95. The van der Waals surface area contributed by atoms with Crippen molar-refractivity contribution in [1.29, 1.82) is 0 Å². The third-order valence-electron chi connectivity index (χ3n) is 2.44. The summed E-state index contributed by atoms with van der Waals surface area (Å²) in [7, 11) is 0. The van der Waals surface area contributed by atoms with Crippen LogP contribution in [-0.4, -0.2) is 28.4 Å². The van der Waals surface area contributed by atoms with Crippen molar-refractivity contribution in [2.24, 2.45) is 0 Å². The molecule has 6 nitrogen and oxygen atoms in total. The van der Waals surface area contributed by atoms with Gasteiger partial charge < -0.3 is 10.1 Å². The van der Waals surface area contributed by atoms with Gasteiger partial charge >= 0.3 is 5.97 Å². The van der Waals surface area contributed by atoms with Crippen LogP contribution < -0.4 is 10.9 Å². The predicted octanol–water partition coefficient (Wildman–Crippen LogP) is 1.95. The van der Waals surface area contributed by atoms with E-state index in [1.165, 1.54) is 10.9 Å². The zero-order chi connectivity index (χ0) is 14.6. The van der Waals surface area contributed by atoms with Crippen molar-refractivity contribution in [3.63, 3.8) is 0 Å². The van der Waals surface area contributed by atoms with Gasteiger partial charge in [-0.3, -0.25) is 4.79 Å². The quantitative estimate of drug-likeness (QED) is 0.835. The van der Waals surface area contributed by atoms with Crippen molar-refractivity contribution in [3.05, 3.63) is 21.0 Å². The Morgan fingerprint density at radius 2 is 2.16 bits per heavy atom. The first-order valence-electron chi connectivity index (χ1n) is 6.09. The maximum absolute atomic E-state index is 12.0. The third kappa shape index (κ3) is 3.79. The molecule has 0 amide bonds. The molecule has 0 fully saturated rings. The van der Waals surface area contributed by atoms with Gasteiger partial charge in [0, 0.05) is 0 Å². The zero-order valence-electron chi connectivity index (χ0n) is 11.4. The highest BCUT2D eigenvalue weighted by atomic mass is 79.9. The van der Waals surface area contributed by atoms with E-state index in [1.54, 1.807) is 13.8 Å². The van der Waals surface area contributed by atoms with Crippen molar-refractivity contribution in [3.8, 4) is 0 Å². The van der Waals surface area contributed by atoms with Crippen molar-refractivity contribution >= 4 is 27.6 Å². The highest BCUT2D eigenvalue weighted by Gasteiger charge is 2.17. The van der Waals surface area contributed by atoms with Gasteiger partial charge in [-0.15, -0.1) is 0 Å². The van der Waals surface area contributed by atoms with E-state index in [9.17, 15) is 9.59 Å². The zero-order valence-corrected chi connectivity index (χ0v) is 13.0. The lowest BCUT2D eigenvalue weighted by atomic mass is 10.3. The van der Waals surface area contributed by atoms with Gasteiger partial charge in [0.2, 0.25) is 0 Å². The number of nitrogens with one attached hydrogen (secondary N) is 1. The minimum atomic E-state index is -0.549. The number of rotatable bonds is 5. The maximum Gasteiger partial charge on any atom is 0.328 e. The van der Waals surface area contributed by atoms with E-state index in [0.717, 1.165) is 0 Å². The van der Waals surface area contributed by atoms with Gasteiger partial charge in [0.25, 0.3) is 5.56 Å². The molecule has 1 rings (SSSR count). The van der Waals surface area contributed by atoms with Crippen molar-refractivity contribution in [2.75, 3.05) is 11.9 Å². The number of nitrogens with zero attached hydrogens (tertiary/aromatic N) is 2. The first kappa shape index (κ1) is 15.7. The Hall–Kier alpha value is -1.37. The summed E-state index contributed by atoms with van der Waals surface area (Å²) in [6.45, 7) is 7.47. The summed E-state index contributed by atoms with van der Waals surface area (Å²) < 4.78 is 6.61. The molecule has 0 saturated carbocycles. The lowest BCUT2D eigenvalue weighted by molar-refractivity contribution is -0.143. The van der Waals surface area contributed by atoms with Crippen LogP contribution in [-0.2, 0) is 9.53 Å². The Morgan fingerprint density at radius 3 is 2.68 bits per heavy atom. The van der Waals surface area contributed by atoms with Gasteiger partial charge in [-0.25, -0.2) is 9.48 Å². The molecule has 1 N–H and O–H groups in total. The van der Waals surface area contributed by atoms with Crippen molar-refractivity contribution < 1.29 is 9.53 Å². The predicted molar refractivity (Wildman–Crippen MR) is 76.3 cm³/mol. The summed E-state index contributed by atoms with van der Waals surface area (Å²) in [4.78, 5) is 23.5. The molecule has 19 heavy (non-hydrogen) atoms. The second-order valence-corrected chi connectivity index (χ2v) is 5.13. The van der Waals surface area contributed by atoms with Crippen LogP contribution in [0.4, 0.5) is 5.69 Å². The number of hydrogen-bond acceptors (Lipinski definition) is 5. The van der Waals surface area contributed by atoms with E-state index in [0.29, 0.717) is 16.8 Å². The number of ether oxygens (including phenoxy) is 1. The molecule has 1 unspecified atom stereocenters. The van der Waals surface area contributed by atoms with Crippen LogP contribution >= 0.6 is 15.9 Å². The molecule has 0 aliphatic rings. The molecule has 0 aliphatic carbocycles. The lowest BCUT2D eigenvalue weighted by Crippen LogP contribution is -2.31. The Bertz CT molecular complexity index is 513. The molecule has 0 aromatic carbocycles. The summed E-state index contributed by atoms with van der Waals surface area (Å²) in [5, 5.41) is 6.96. The number of esters is 1. The average Bonchev–Trinajstić information content (AvgIpc) is 2.34. The van der Waals surface area contributed by atoms with E-state index >= 15 is 0 Å². The summed E-state index contributed by atoms with van der Waals surface area (Å²) in [6, 6.07) is -0.576. The molecule has 7 heteroatoms. The highest BCUT2D eigenvalue weighted by Crippen LogP contribution is 2.18. The van der Waals surface area contributed by atoms with E-state index in [-0.39, 0.29) is 17.6 Å². The van der Waals surface area contributed by atoms with Gasteiger partial charge in [-0.2, -0.15) is 5.10 Å². The normalized spacial score (nSPS) is 12.3. The van der Waals surface area contributed by atoms with Crippen LogP contribution in [0.25, 0.3) is 0 Å². The topological polar surface area (TPSA) is 73.2 Å². The van der Waals surface area contributed by atoms with Crippen LogP contribution in [0.2, 0.25) is 0 Å². The number of hydrogen-bond donors (Lipinski definition) is 1. The van der Waals surface area contributed by atoms with Crippen LogP contribution in [0.1, 0.15) is 33.7 Å². The van der Waals surface area contributed by atoms with E-state index in [4.69, 9.17) is 4.74 Å². The molecule has 0 radical (unpaired) electrons. The summed E-state index contributed by atoms with van der Waals surface area (Å²) in [5.74, 6) is -0.373. The minimum absolute atomic E-state index is 0.0275. The first-order chi connectivity index (χ1) is 8.88. The van der Waals surface area contributed by atoms with Gasteiger partial charge in [0.15, 0.2) is 0 Å². The maximum atomic E-state index is 12.0. The first-order valence-corrected chi connectivity index (χ1v) is 6.88. The third-order valence-corrected chi connectivity index (χ3v) is 3.21. The summed E-state index contributed by atoms with van der Waals surface area (Å²) >= 11 is 3.23. The van der Waals surface area contributed by atoms with E-state index < -0.39 is 6.04 Å². The van der Waals surface area contributed by atoms with E-state index in [1.807, 2.05) is 13.8 Å². The highest BCUT2D eigenvalue weighted by molar-refractivity contribution is 9.10. The molecule has 0 spiro atoms. The van der Waals surface area contributed by atoms with Gasteiger partial charge in [0.05, 0.1) is 24.5 Å². The average molecular weight is 332 g/mol. The fourth-order valence-corrected chi connectivity index (χ4v) is 1.87. The molecule has 106 valence electrons. The molecular formula is C12H18BrN3O3. The van der Waals surface area contributed by atoms with Gasteiger partial charge in [-0.05, 0) is 43.6 Å². The summed E-state index contributed by atoms with van der Waals surface area (Å²) in [6.07, 6.45) is 1.52. The molecule has 1 atom stereocenters. The Labute approximate surface area is 120 Å². The van der Waals surface area contributed by atoms with Crippen molar-refractivity contribution in [1.82, 2.24) is 9.78 Å². The van der Waals surface area contributed by atoms with Crippen LogP contribution in [0.3, 0.4) is 0 Å². The fraction of sp³-hybridized carbons (Fsp3) is 0.583. The van der Waals surface area contributed by atoms with Crippen LogP contribution in [0, 0.1) is 0 Å². The van der Waals surface area contributed by atoms with Crippen molar-refractivity contribution in [2.45, 2.75) is 39.8 Å². The van der Waals surface area contributed by atoms with E-state index in [2.05, 4.69) is 26.3 Å². The second-order valence-electron chi connectivity index (χ2n) is 4.33. The molecule has 0 bridgehead atoms. The minimum Gasteiger partial charge on any atom is -0.464 e. The SMILES string of the molecule is CCOC(=O)C(C)Nc1cnn(C(C)C)c(=O)c1Br. The fourth-order valence-electron chi connectivity index (χ4n) is 1.47.